The van der Waals surface area contributed by atoms with Crippen molar-refractivity contribution in [1.29, 1.82) is 0 Å². The Morgan fingerprint density at radius 1 is 1.19 bits per heavy atom. The number of fused-ring (bicyclic) bond motifs is 1. The molecule has 3 aromatic heterocycles. The summed E-state index contributed by atoms with van der Waals surface area (Å²) in [5.74, 6) is 0.906. The average molecular weight is 436 g/mol. The quantitative estimate of drug-likeness (QED) is 0.360. The Bertz CT molecular complexity index is 1310. The smallest absolute Gasteiger partial charge is 0.324 e. The number of nitrogens with zero attached hydrogens (tertiary/aromatic N) is 5. The fourth-order valence-corrected chi connectivity index (χ4v) is 3.53. The van der Waals surface area contributed by atoms with E-state index in [4.69, 9.17) is 4.74 Å². The van der Waals surface area contributed by atoms with E-state index in [0.29, 0.717) is 16.9 Å². The maximum absolute atomic E-state index is 12.6. The van der Waals surface area contributed by atoms with Crippen molar-refractivity contribution in [1.82, 2.24) is 19.7 Å². The van der Waals surface area contributed by atoms with Gasteiger partial charge in [0.2, 0.25) is 0 Å². The maximum Gasteiger partial charge on any atom is 0.324 e. The van der Waals surface area contributed by atoms with Gasteiger partial charge in [0.1, 0.15) is 11.6 Å². The molecule has 1 amide bonds. The van der Waals surface area contributed by atoms with Crippen molar-refractivity contribution in [3.8, 4) is 5.75 Å². The highest BCUT2D eigenvalue weighted by atomic mass is 32.1. The van der Waals surface area contributed by atoms with Crippen LogP contribution in [0.5, 0.6) is 5.75 Å². The van der Waals surface area contributed by atoms with Crippen LogP contribution in [0.3, 0.4) is 0 Å². The molecule has 4 rings (SSSR count). The van der Waals surface area contributed by atoms with E-state index in [-0.39, 0.29) is 15.7 Å². The zero-order chi connectivity index (χ0) is 22.0. The molecule has 1 N–H and O–H groups in total. The monoisotopic (exact) mass is 436 g/mol. The second-order valence-electron chi connectivity index (χ2n) is 6.39. The van der Waals surface area contributed by atoms with Gasteiger partial charge in [0, 0.05) is 13.1 Å². The Morgan fingerprint density at radius 3 is 2.65 bits per heavy atom. The maximum atomic E-state index is 12.6. The highest BCUT2D eigenvalue weighted by molar-refractivity contribution is 7.17. The van der Waals surface area contributed by atoms with Crippen LogP contribution in [0.25, 0.3) is 23.2 Å². The van der Waals surface area contributed by atoms with Gasteiger partial charge in [0.15, 0.2) is 11.5 Å². The minimum atomic E-state index is -0.534. The molecule has 0 unspecified atom stereocenters. The lowest BCUT2D eigenvalue weighted by atomic mass is 10.2. The first-order valence-corrected chi connectivity index (χ1v) is 9.83. The van der Waals surface area contributed by atoms with Crippen LogP contribution in [-0.4, -0.2) is 37.7 Å². The van der Waals surface area contributed by atoms with Gasteiger partial charge in [-0.05, 0) is 29.8 Å². The summed E-state index contributed by atoms with van der Waals surface area (Å²) >= 11 is 0.794. The molecule has 31 heavy (non-hydrogen) atoms. The third-order valence-electron chi connectivity index (χ3n) is 4.38. The number of rotatable bonds is 6. The summed E-state index contributed by atoms with van der Waals surface area (Å²) < 4.78 is 6.73. The van der Waals surface area contributed by atoms with Crippen molar-refractivity contribution < 1.29 is 14.5 Å². The third-order valence-corrected chi connectivity index (χ3v) is 5.41. The van der Waals surface area contributed by atoms with Gasteiger partial charge in [-0.3, -0.25) is 19.6 Å². The second kappa shape index (κ2) is 8.32. The van der Waals surface area contributed by atoms with E-state index in [1.807, 2.05) is 30.3 Å². The molecule has 0 bridgehead atoms. The fourth-order valence-electron chi connectivity index (χ4n) is 2.81. The number of carbonyl (C=O) groups is 1. The number of aromatic nitrogens is 4. The fraction of sp³-hybridized carbons (Fsp3) is 0.100. The Hall–Kier alpha value is -4.12. The molecule has 3 heterocycles. The van der Waals surface area contributed by atoms with Gasteiger partial charge < -0.3 is 10.1 Å². The summed E-state index contributed by atoms with van der Waals surface area (Å²) in [5.41, 5.74) is 1.46. The van der Waals surface area contributed by atoms with Crippen molar-refractivity contribution in [2.75, 3.05) is 12.4 Å². The minimum Gasteiger partial charge on any atom is -0.497 e. The van der Waals surface area contributed by atoms with Gasteiger partial charge in [-0.1, -0.05) is 29.5 Å². The summed E-state index contributed by atoms with van der Waals surface area (Å²) in [4.78, 5) is 32.1. The molecule has 11 heteroatoms. The van der Waals surface area contributed by atoms with Crippen LogP contribution in [0, 0.1) is 10.1 Å². The zero-order valence-electron chi connectivity index (χ0n) is 16.5. The van der Waals surface area contributed by atoms with Crippen molar-refractivity contribution in [3.05, 3.63) is 69.0 Å². The molecule has 0 aliphatic heterocycles. The van der Waals surface area contributed by atoms with Gasteiger partial charge in [-0.25, -0.2) is 9.97 Å². The number of nitrogens with one attached hydrogen (secondary N) is 1. The number of carbonyl (C=O) groups excluding carboxylic acids is 1. The van der Waals surface area contributed by atoms with Crippen LogP contribution >= 0.6 is 11.3 Å². The van der Waals surface area contributed by atoms with Gasteiger partial charge in [-0.2, -0.15) is 5.10 Å². The van der Waals surface area contributed by atoms with Crippen LogP contribution in [0.1, 0.15) is 21.1 Å². The number of methoxy groups -OCH3 is 1. The lowest BCUT2D eigenvalue weighted by Crippen LogP contribution is -2.12. The molecule has 0 fully saturated rings. The molecule has 0 radical (unpaired) electrons. The molecule has 1 aromatic carbocycles. The Balaban J connectivity index is 1.65. The van der Waals surface area contributed by atoms with E-state index in [1.165, 1.54) is 12.1 Å². The number of hydrogen-bond acceptors (Lipinski definition) is 8. The largest absolute Gasteiger partial charge is 0.497 e. The summed E-state index contributed by atoms with van der Waals surface area (Å²) in [5, 5.41) is 18.2. The average Bonchev–Trinajstić information content (AvgIpc) is 3.41. The third kappa shape index (κ3) is 4.26. The molecule has 0 spiro atoms. The summed E-state index contributed by atoms with van der Waals surface area (Å²) in [6.45, 7) is 0. The molecule has 0 saturated heterocycles. The van der Waals surface area contributed by atoms with Crippen LogP contribution in [0.15, 0.2) is 42.6 Å². The van der Waals surface area contributed by atoms with Gasteiger partial charge >= 0.3 is 5.00 Å². The summed E-state index contributed by atoms with van der Waals surface area (Å²) in [6, 6.07) is 10.2. The first kappa shape index (κ1) is 20.2. The molecule has 0 aliphatic carbocycles. The van der Waals surface area contributed by atoms with Crippen LogP contribution < -0.4 is 10.1 Å². The second-order valence-corrected chi connectivity index (χ2v) is 7.45. The number of aryl methyl sites for hydroxylation is 1. The number of nitro groups is 1. The van der Waals surface area contributed by atoms with Gasteiger partial charge in [-0.15, -0.1) is 0 Å². The lowest BCUT2D eigenvalue weighted by Gasteiger charge is -2.06. The highest BCUT2D eigenvalue weighted by Crippen LogP contribution is 2.26. The minimum absolute atomic E-state index is 0.109. The lowest BCUT2D eigenvalue weighted by molar-refractivity contribution is -0.380. The van der Waals surface area contributed by atoms with Crippen LogP contribution in [0.4, 0.5) is 10.8 Å². The number of hydrogen-bond donors (Lipinski definition) is 1. The van der Waals surface area contributed by atoms with Crippen LogP contribution in [-0.2, 0) is 7.05 Å². The molecular weight excluding hydrogens is 420 g/mol. The van der Waals surface area contributed by atoms with Crippen molar-refractivity contribution >= 4 is 51.2 Å². The number of benzene rings is 1. The van der Waals surface area contributed by atoms with E-state index in [1.54, 1.807) is 31.1 Å². The Labute approximate surface area is 180 Å². The first-order chi connectivity index (χ1) is 14.9. The molecule has 4 aromatic rings. The Morgan fingerprint density at radius 2 is 1.97 bits per heavy atom. The topological polar surface area (TPSA) is 125 Å². The molecular formula is C20H16N6O4S. The standard InChI is InChI=1S/C20H16N6O4S/c1-25-19-14(11-21-25)18(24-20(27)15-8-10-17(31-15)26(28)29)22-16(23-19)9-5-12-3-6-13(30-2)7-4-12/h3-11H,1-2H3,(H,22,23,24,27). The highest BCUT2D eigenvalue weighted by Gasteiger charge is 2.18. The van der Waals surface area contributed by atoms with Crippen molar-refractivity contribution in [2.24, 2.45) is 7.05 Å². The van der Waals surface area contributed by atoms with Gasteiger partial charge in [0.05, 0.1) is 28.5 Å². The summed E-state index contributed by atoms with van der Waals surface area (Å²) in [7, 11) is 3.34. The van der Waals surface area contributed by atoms with Crippen molar-refractivity contribution in [2.45, 2.75) is 0 Å². The SMILES string of the molecule is COc1ccc(C=Cc2nc(NC(=O)c3ccc([N+](=O)[O-])s3)c3cnn(C)c3n2)cc1. The first-order valence-electron chi connectivity index (χ1n) is 9.02. The number of anilines is 1. The van der Waals surface area contributed by atoms with Crippen molar-refractivity contribution in [3.63, 3.8) is 0 Å². The molecule has 0 aliphatic rings. The predicted octanol–water partition coefficient (Wildman–Crippen LogP) is 3.76. The molecule has 10 nitrogen and oxygen atoms in total. The normalized spacial score (nSPS) is 11.2. The van der Waals surface area contributed by atoms with E-state index < -0.39 is 10.8 Å². The van der Waals surface area contributed by atoms with Gasteiger partial charge in [0.25, 0.3) is 5.91 Å². The molecule has 0 atom stereocenters. The number of ether oxygens (including phenoxy) is 1. The number of amides is 1. The van der Waals surface area contributed by atoms with E-state index in [0.717, 1.165) is 22.6 Å². The predicted molar refractivity (Wildman–Crippen MR) is 117 cm³/mol. The van der Waals surface area contributed by atoms with E-state index in [2.05, 4.69) is 20.4 Å². The summed E-state index contributed by atoms with van der Waals surface area (Å²) in [6.07, 6.45) is 5.11. The zero-order valence-corrected chi connectivity index (χ0v) is 17.3. The molecule has 156 valence electrons. The van der Waals surface area contributed by atoms with E-state index >= 15 is 0 Å². The van der Waals surface area contributed by atoms with E-state index in [9.17, 15) is 14.9 Å². The Kier molecular flexibility index (Phi) is 5.41. The number of thiophene rings is 1. The molecule has 0 saturated carbocycles. The van der Waals surface area contributed by atoms with Crippen LogP contribution in [0.2, 0.25) is 0 Å².